The number of nitrogens with one attached hydrogen (secondary N) is 2. The molecule has 24 heavy (non-hydrogen) atoms. The van der Waals surface area contributed by atoms with Gasteiger partial charge in [0.1, 0.15) is 11.4 Å². The number of hydrogen-bond donors (Lipinski definition) is 2. The van der Waals surface area contributed by atoms with Crippen molar-refractivity contribution >= 4 is 11.6 Å². The van der Waals surface area contributed by atoms with Gasteiger partial charge < -0.3 is 9.73 Å². The summed E-state index contributed by atoms with van der Waals surface area (Å²) >= 11 is 0. The Kier molecular flexibility index (Phi) is 3.80. The van der Waals surface area contributed by atoms with Gasteiger partial charge in [0.2, 0.25) is 5.82 Å². The van der Waals surface area contributed by atoms with Crippen LogP contribution in [0.5, 0.6) is 0 Å². The van der Waals surface area contributed by atoms with Gasteiger partial charge in [0.25, 0.3) is 5.91 Å². The predicted octanol–water partition coefficient (Wildman–Crippen LogP) is 3.62. The van der Waals surface area contributed by atoms with Crippen molar-refractivity contribution in [1.82, 2.24) is 10.2 Å². The highest BCUT2D eigenvalue weighted by Gasteiger charge is 2.27. The molecule has 0 aliphatic carbocycles. The van der Waals surface area contributed by atoms with Crippen LogP contribution in [0.3, 0.4) is 0 Å². The highest BCUT2D eigenvalue weighted by atomic mass is 19.2. The number of halogens is 5. The van der Waals surface area contributed by atoms with Gasteiger partial charge in [-0.15, -0.1) is 0 Å². The van der Waals surface area contributed by atoms with E-state index in [1.54, 1.807) is 17.4 Å². The van der Waals surface area contributed by atoms with E-state index >= 15 is 0 Å². The summed E-state index contributed by atoms with van der Waals surface area (Å²) in [5, 5.41) is 7.64. The second kappa shape index (κ2) is 5.80. The predicted molar refractivity (Wildman–Crippen MR) is 70.5 cm³/mol. The number of nitrogens with zero attached hydrogens (tertiary/aromatic N) is 1. The number of aromatic nitrogens is 2. The first kappa shape index (κ1) is 15.7. The number of carbonyl (C=O) groups is 1. The standard InChI is InChI=1S/C14H6F5N3O2/c15-8-9(16)11(18)13(12(19)10(8)17)20-14(23)6-4-5(21-22-6)7-2-1-3-24-7/h1-4H,(H,20,23)(H,21,22). The van der Waals surface area contributed by atoms with Gasteiger partial charge in [-0.1, -0.05) is 0 Å². The van der Waals surface area contributed by atoms with E-state index in [0.717, 1.165) is 0 Å². The van der Waals surface area contributed by atoms with Gasteiger partial charge in [-0.25, -0.2) is 22.0 Å². The molecule has 0 bridgehead atoms. The SMILES string of the molecule is O=C(Nc1c(F)c(F)c(F)c(F)c1F)c1cc(-c2ccco2)[nH]n1. The molecule has 0 saturated heterocycles. The number of aromatic amines is 1. The summed E-state index contributed by atoms with van der Waals surface area (Å²) in [7, 11) is 0. The quantitative estimate of drug-likeness (QED) is 0.433. The molecule has 0 fully saturated rings. The third kappa shape index (κ3) is 2.51. The molecule has 0 unspecified atom stereocenters. The van der Waals surface area contributed by atoms with Crippen molar-refractivity contribution in [3.8, 4) is 11.5 Å². The number of carbonyl (C=O) groups excluding carboxylic acids is 1. The Morgan fingerprint density at radius 2 is 1.67 bits per heavy atom. The summed E-state index contributed by atoms with van der Waals surface area (Å²) in [5.41, 5.74) is -1.52. The van der Waals surface area contributed by atoms with Crippen LogP contribution in [0.2, 0.25) is 0 Å². The average molecular weight is 343 g/mol. The molecule has 3 rings (SSSR count). The molecule has 3 aromatic rings. The van der Waals surface area contributed by atoms with E-state index in [4.69, 9.17) is 4.42 Å². The molecule has 1 amide bonds. The second-order valence-corrected chi connectivity index (χ2v) is 4.54. The second-order valence-electron chi connectivity index (χ2n) is 4.54. The Morgan fingerprint density at radius 1 is 1.04 bits per heavy atom. The molecule has 5 nitrogen and oxygen atoms in total. The molecular weight excluding hydrogens is 337 g/mol. The highest BCUT2D eigenvalue weighted by molar-refractivity contribution is 6.03. The maximum atomic E-state index is 13.5. The molecule has 0 aliphatic heterocycles. The van der Waals surface area contributed by atoms with Gasteiger partial charge in [-0.2, -0.15) is 5.10 Å². The normalized spacial score (nSPS) is 10.9. The lowest BCUT2D eigenvalue weighted by Crippen LogP contribution is -2.17. The van der Waals surface area contributed by atoms with Crippen LogP contribution in [-0.4, -0.2) is 16.1 Å². The van der Waals surface area contributed by atoms with Gasteiger partial charge in [-0.05, 0) is 12.1 Å². The van der Waals surface area contributed by atoms with Crippen LogP contribution >= 0.6 is 0 Å². The third-order valence-electron chi connectivity index (χ3n) is 3.05. The van der Waals surface area contributed by atoms with Gasteiger partial charge in [0.15, 0.2) is 34.7 Å². The average Bonchev–Trinajstić information content (AvgIpc) is 3.25. The van der Waals surface area contributed by atoms with Crippen molar-refractivity contribution in [2.45, 2.75) is 0 Å². The first-order chi connectivity index (χ1) is 11.4. The molecular formula is C14H6F5N3O2. The van der Waals surface area contributed by atoms with Crippen LogP contribution in [0.1, 0.15) is 10.5 Å². The van der Waals surface area contributed by atoms with E-state index in [0.29, 0.717) is 5.76 Å². The molecule has 2 N–H and O–H groups in total. The molecule has 0 aliphatic rings. The van der Waals surface area contributed by atoms with E-state index in [-0.39, 0.29) is 11.4 Å². The fourth-order valence-corrected chi connectivity index (χ4v) is 1.89. The smallest absolute Gasteiger partial charge is 0.276 e. The van der Waals surface area contributed by atoms with Crippen LogP contribution < -0.4 is 5.32 Å². The van der Waals surface area contributed by atoms with E-state index in [1.807, 2.05) is 0 Å². The zero-order valence-corrected chi connectivity index (χ0v) is 11.5. The number of furan rings is 1. The minimum Gasteiger partial charge on any atom is -0.463 e. The Morgan fingerprint density at radius 3 is 2.25 bits per heavy atom. The van der Waals surface area contributed by atoms with Crippen LogP contribution in [0.25, 0.3) is 11.5 Å². The number of H-pyrrole nitrogens is 1. The zero-order chi connectivity index (χ0) is 17.4. The van der Waals surface area contributed by atoms with E-state index in [2.05, 4.69) is 10.2 Å². The lowest BCUT2D eigenvalue weighted by Gasteiger charge is -2.08. The minimum atomic E-state index is -2.32. The maximum Gasteiger partial charge on any atom is 0.276 e. The Bertz CT molecular complexity index is 892. The number of hydrogen-bond acceptors (Lipinski definition) is 3. The fraction of sp³-hybridized carbons (Fsp3) is 0. The monoisotopic (exact) mass is 343 g/mol. The van der Waals surface area contributed by atoms with Gasteiger partial charge in [0.05, 0.1) is 6.26 Å². The molecule has 0 atom stereocenters. The molecule has 1 aromatic carbocycles. The minimum absolute atomic E-state index is 0.280. The van der Waals surface area contributed by atoms with Crippen LogP contribution in [0, 0.1) is 29.1 Å². The molecule has 2 aromatic heterocycles. The van der Waals surface area contributed by atoms with Crippen LogP contribution in [0.4, 0.5) is 27.6 Å². The van der Waals surface area contributed by atoms with Crippen molar-refractivity contribution in [2.75, 3.05) is 5.32 Å². The maximum absolute atomic E-state index is 13.5. The molecule has 124 valence electrons. The Labute approximate surface area is 130 Å². The van der Waals surface area contributed by atoms with Gasteiger partial charge >= 0.3 is 0 Å². The van der Waals surface area contributed by atoms with Crippen LogP contribution in [-0.2, 0) is 0 Å². The lowest BCUT2D eigenvalue weighted by molar-refractivity contribution is 0.102. The van der Waals surface area contributed by atoms with Crippen molar-refractivity contribution < 1.29 is 31.2 Å². The number of amides is 1. The van der Waals surface area contributed by atoms with Gasteiger partial charge in [-0.3, -0.25) is 9.89 Å². The highest BCUT2D eigenvalue weighted by Crippen LogP contribution is 2.27. The van der Waals surface area contributed by atoms with Gasteiger partial charge in [0, 0.05) is 6.07 Å². The van der Waals surface area contributed by atoms with E-state index < -0.39 is 40.7 Å². The largest absolute Gasteiger partial charge is 0.463 e. The first-order valence-corrected chi connectivity index (χ1v) is 6.32. The Balaban J connectivity index is 1.91. The van der Waals surface area contributed by atoms with E-state index in [9.17, 15) is 26.7 Å². The molecule has 0 radical (unpaired) electrons. The molecule has 2 heterocycles. The molecule has 0 saturated carbocycles. The van der Waals surface area contributed by atoms with Crippen LogP contribution in [0.15, 0.2) is 28.9 Å². The number of anilines is 1. The van der Waals surface area contributed by atoms with Crippen molar-refractivity contribution in [3.05, 3.63) is 59.2 Å². The Hall–Kier alpha value is -3.17. The molecule has 0 spiro atoms. The van der Waals surface area contributed by atoms with Crippen molar-refractivity contribution in [3.63, 3.8) is 0 Å². The summed E-state index contributed by atoms with van der Waals surface area (Å²) < 4.78 is 71.3. The summed E-state index contributed by atoms with van der Waals surface area (Å²) in [6.45, 7) is 0. The summed E-state index contributed by atoms with van der Waals surface area (Å²) in [4.78, 5) is 11.9. The summed E-state index contributed by atoms with van der Waals surface area (Å²) in [6.07, 6.45) is 1.37. The zero-order valence-electron chi connectivity index (χ0n) is 11.5. The topological polar surface area (TPSA) is 70.9 Å². The number of benzene rings is 1. The number of rotatable bonds is 3. The fourth-order valence-electron chi connectivity index (χ4n) is 1.89. The third-order valence-corrected chi connectivity index (χ3v) is 3.05. The van der Waals surface area contributed by atoms with Crippen molar-refractivity contribution in [2.24, 2.45) is 0 Å². The van der Waals surface area contributed by atoms with E-state index in [1.165, 1.54) is 12.3 Å². The first-order valence-electron chi connectivity index (χ1n) is 6.32. The molecule has 10 heteroatoms. The summed E-state index contributed by atoms with van der Waals surface area (Å²) in [5.74, 6) is -11.8. The van der Waals surface area contributed by atoms with Crippen molar-refractivity contribution in [1.29, 1.82) is 0 Å². The summed E-state index contributed by atoms with van der Waals surface area (Å²) in [6, 6.07) is 4.31. The lowest BCUT2D eigenvalue weighted by atomic mass is 10.2.